The first-order chi connectivity index (χ1) is 36.8. The van der Waals surface area contributed by atoms with E-state index in [1.54, 1.807) is 6.08 Å². The highest BCUT2D eigenvalue weighted by molar-refractivity contribution is 5.76. The van der Waals surface area contributed by atoms with E-state index in [4.69, 9.17) is 9.47 Å². The summed E-state index contributed by atoms with van der Waals surface area (Å²) in [4.78, 5) is 13.1. The van der Waals surface area contributed by atoms with Gasteiger partial charge in [0.2, 0.25) is 5.91 Å². The normalized spacial score (nSPS) is 18.9. The maximum absolute atomic E-state index is 13.1. The average molecular weight is 1060 g/mol. The van der Waals surface area contributed by atoms with Crippen LogP contribution >= 0.6 is 0 Å². The molecule has 1 aliphatic rings. The van der Waals surface area contributed by atoms with Crippen LogP contribution in [0.4, 0.5) is 0 Å². The maximum atomic E-state index is 13.1. The van der Waals surface area contributed by atoms with Crippen LogP contribution in [-0.4, -0.2) is 87.5 Å². The lowest BCUT2D eigenvalue weighted by molar-refractivity contribution is -0.302. The quantitative estimate of drug-likeness (QED) is 0.0261. The number of carbonyl (C=O) groups excluding carboxylic acids is 1. The van der Waals surface area contributed by atoms with Crippen molar-refractivity contribution in [1.29, 1.82) is 0 Å². The van der Waals surface area contributed by atoms with E-state index in [1.807, 2.05) is 6.08 Å². The third-order valence-electron chi connectivity index (χ3n) is 16.0. The van der Waals surface area contributed by atoms with Gasteiger partial charge in [0.15, 0.2) is 6.29 Å². The van der Waals surface area contributed by atoms with E-state index in [-0.39, 0.29) is 12.5 Å². The van der Waals surface area contributed by atoms with Crippen molar-refractivity contribution in [3.05, 3.63) is 24.3 Å². The molecule has 9 heteroatoms. The minimum atomic E-state index is -1.57. The molecule has 0 aromatic heterocycles. The molecule has 0 aromatic rings. The van der Waals surface area contributed by atoms with E-state index < -0.39 is 49.5 Å². The van der Waals surface area contributed by atoms with Crippen molar-refractivity contribution in [3.63, 3.8) is 0 Å². The lowest BCUT2D eigenvalue weighted by Crippen LogP contribution is -2.60. The fraction of sp³-hybridized carbons (Fsp3) is 0.924. The topological polar surface area (TPSA) is 149 Å². The Labute approximate surface area is 464 Å². The van der Waals surface area contributed by atoms with E-state index in [9.17, 15) is 30.3 Å². The van der Waals surface area contributed by atoms with E-state index in [0.29, 0.717) is 6.42 Å². The van der Waals surface area contributed by atoms with Gasteiger partial charge in [-0.2, -0.15) is 0 Å². The molecular weight excluding hydrogens is 935 g/mol. The third-order valence-corrected chi connectivity index (χ3v) is 16.0. The second-order valence-electron chi connectivity index (χ2n) is 23.3. The molecule has 0 spiro atoms. The number of hydrogen-bond acceptors (Lipinski definition) is 8. The lowest BCUT2D eigenvalue weighted by atomic mass is 9.99. The Balaban J connectivity index is 2.12. The van der Waals surface area contributed by atoms with Crippen LogP contribution in [0.15, 0.2) is 24.3 Å². The fourth-order valence-corrected chi connectivity index (χ4v) is 10.8. The molecule has 0 aliphatic carbocycles. The second kappa shape index (κ2) is 56.0. The summed E-state index contributed by atoms with van der Waals surface area (Å²) < 4.78 is 11.3. The van der Waals surface area contributed by atoms with Gasteiger partial charge < -0.3 is 40.3 Å². The van der Waals surface area contributed by atoms with Crippen LogP contribution in [-0.2, 0) is 14.3 Å². The van der Waals surface area contributed by atoms with Crippen LogP contribution in [0.1, 0.15) is 335 Å². The zero-order chi connectivity index (χ0) is 54.3. The van der Waals surface area contributed by atoms with Crippen LogP contribution in [0.5, 0.6) is 0 Å². The van der Waals surface area contributed by atoms with Gasteiger partial charge in [-0.1, -0.05) is 308 Å². The summed E-state index contributed by atoms with van der Waals surface area (Å²) in [6.45, 7) is 3.82. The molecule has 1 fully saturated rings. The lowest BCUT2D eigenvalue weighted by Gasteiger charge is -2.40. The molecule has 0 radical (unpaired) electrons. The molecule has 1 saturated heterocycles. The predicted octanol–water partition coefficient (Wildman–Crippen LogP) is 17.3. The van der Waals surface area contributed by atoms with E-state index in [2.05, 4.69) is 31.3 Å². The van der Waals surface area contributed by atoms with Crippen molar-refractivity contribution >= 4 is 5.91 Å². The van der Waals surface area contributed by atoms with Crippen molar-refractivity contribution < 1.29 is 39.8 Å². The number of nitrogens with one attached hydrogen (secondary N) is 1. The summed E-state index contributed by atoms with van der Waals surface area (Å²) in [6.07, 6.45) is 65.6. The molecule has 7 atom stereocenters. The number of hydrogen-bond donors (Lipinski definition) is 6. The van der Waals surface area contributed by atoms with Gasteiger partial charge in [0.05, 0.1) is 25.4 Å². The second-order valence-corrected chi connectivity index (χ2v) is 23.3. The van der Waals surface area contributed by atoms with Gasteiger partial charge in [-0.25, -0.2) is 0 Å². The van der Waals surface area contributed by atoms with Gasteiger partial charge in [-0.15, -0.1) is 0 Å². The number of unbranched alkanes of at least 4 members (excludes halogenated alkanes) is 46. The van der Waals surface area contributed by atoms with Crippen LogP contribution in [0.2, 0.25) is 0 Å². The van der Waals surface area contributed by atoms with Gasteiger partial charge >= 0.3 is 0 Å². The zero-order valence-electron chi connectivity index (χ0n) is 49.6. The minimum Gasteiger partial charge on any atom is -0.394 e. The molecule has 1 rings (SSSR count). The van der Waals surface area contributed by atoms with Crippen molar-refractivity contribution in [2.24, 2.45) is 0 Å². The van der Waals surface area contributed by atoms with Crippen LogP contribution in [0, 0.1) is 0 Å². The van der Waals surface area contributed by atoms with E-state index >= 15 is 0 Å². The number of carbonyl (C=O) groups is 1. The summed E-state index contributed by atoms with van der Waals surface area (Å²) in [6, 6.07) is -0.805. The highest BCUT2D eigenvalue weighted by Gasteiger charge is 2.44. The molecule has 0 aromatic carbocycles. The molecule has 1 aliphatic heterocycles. The van der Waals surface area contributed by atoms with Crippen molar-refractivity contribution in [2.45, 2.75) is 378 Å². The Kier molecular flexibility index (Phi) is 53.5. The number of rotatable bonds is 58. The molecule has 1 heterocycles. The standard InChI is InChI=1S/C66H127NO8/c1-3-5-7-9-11-13-15-17-19-21-23-24-25-26-27-28-29-30-31-32-33-34-35-36-38-39-41-43-45-47-49-51-53-55-60(69)59(58-74-66-65(73)64(72)63(71)61(57-68)75-66)67-62(70)56-54-52-50-48-46-44-42-40-37-22-20-18-16-14-12-10-8-6-4-2/h18,20,53,55,59-61,63-66,68-69,71-73H,3-17,19,21-52,54,56-58H2,1-2H3,(H,67,70)/b20-18-,55-53+. The van der Waals surface area contributed by atoms with Crippen LogP contribution in [0.3, 0.4) is 0 Å². The van der Waals surface area contributed by atoms with Crippen molar-refractivity contribution in [1.82, 2.24) is 5.32 Å². The molecule has 444 valence electrons. The number of ether oxygens (including phenoxy) is 2. The van der Waals surface area contributed by atoms with Gasteiger partial charge in [-0.3, -0.25) is 4.79 Å². The smallest absolute Gasteiger partial charge is 0.220 e. The van der Waals surface area contributed by atoms with Crippen molar-refractivity contribution in [3.8, 4) is 0 Å². The Hall–Kier alpha value is -1.33. The highest BCUT2D eigenvalue weighted by atomic mass is 16.7. The number of aliphatic hydroxyl groups is 5. The summed E-state index contributed by atoms with van der Waals surface area (Å²) in [5.74, 6) is -0.174. The van der Waals surface area contributed by atoms with Crippen molar-refractivity contribution in [2.75, 3.05) is 13.2 Å². The SMILES string of the molecule is CCCCCCCC/C=C\CCCCCCCCCCCC(=O)NC(COC1OC(CO)C(O)C(O)C1O)C(O)/C=C/CCCCCCCCCCCCCCCCCCCCCCCCCCCCCCCCC. The molecule has 1 amide bonds. The summed E-state index contributed by atoms with van der Waals surface area (Å²) in [5.41, 5.74) is 0. The fourth-order valence-electron chi connectivity index (χ4n) is 10.8. The maximum Gasteiger partial charge on any atom is 0.220 e. The van der Waals surface area contributed by atoms with Gasteiger partial charge in [0.25, 0.3) is 0 Å². The Morgan fingerprint density at radius 3 is 1.08 bits per heavy atom. The van der Waals surface area contributed by atoms with Gasteiger partial charge in [-0.05, 0) is 44.9 Å². The summed E-state index contributed by atoms with van der Waals surface area (Å²) in [5, 5.41) is 54.7. The number of amides is 1. The number of allylic oxidation sites excluding steroid dienone is 3. The molecular formula is C66H127NO8. The Morgan fingerprint density at radius 2 is 0.747 bits per heavy atom. The highest BCUT2D eigenvalue weighted by Crippen LogP contribution is 2.23. The average Bonchev–Trinajstić information content (AvgIpc) is 3.41. The van der Waals surface area contributed by atoms with E-state index in [0.717, 1.165) is 38.5 Å². The van der Waals surface area contributed by atoms with Gasteiger partial charge in [0.1, 0.15) is 24.4 Å². The first kappa shape index (κ1) is 71.7. The molecule has 7 unspecified atom stereocenters. The molecule has 9 nitrogen and oxygen atoms in total. The molecule has 0 saturated carbocycles. The summed E-state index contributed by atoms with van der Waals surface area (Å²) >= 11 is 0. The van der Waals surface area contributed by atoms with Crippen LogP contribution in [0.25, 0.3) is 0 Å². The predicted molar refractivity (Wildman–Crippen MR) is 318 cm³/mol. The number of aliphatic hydroxyl groups excluding tert-OH is 5. The first-order valence-corrected chi connectivity index (χ1v) is 33.1. The van der Waals surface area contributed by atoms with Crippen LogP contribution < -0.4 is 5.32 Å². The molecule has 75 heavy (non-hydrogen) atoms. The Morgan fingerprint density at radius 1 is 0.440 bits per heavy atom. The monoisotopic (exact) mass is 1060 g/mol. The third kappa shape index (κ3) is 45.1. The molecule has 6 N–H and O–H groups in total. The molecule has 0 bridgehead atoms. The summed E-state index contributed by atoms with van der Waals surface area (Å²) in [7, 11) is 0. The minimum absolute atomic E-state index is 0.174. The van der Waals surface area contributed by atoms with Gasteiger partial charge in [0, 0.05) is 6.42 Å². The largest absolute Gasteiger partial charge is 0.394 e. The first-order valence-electron chi connectivity index (χ1n) is 33.1. The van der Waals surface area contributed by atoms with E-state index in [1.165, 1.54) is 276 Å². The zero-order valence-corrected chi connectivity index (χ0v) is 49.6. The Bertz CT molecular complexity index is 1230.